The molecule has 356 valence electrons. The van der Waals surface area contributed by atoms with Crippen LogP contribution in [0, 0.1) is 16.7 Å². The maximum atomic E-state index is 14.5. The number of carbonyl (C=O) groups excluding carboxylic acids is 4. The summed E-state index contributed by atoms with van der Waals surface area (Å²) >= 11 is 0. The number of amides is 1. The molecule has 5 aliphatic rings. The first-order chi connectivity index (χ1) is 31.1. The lowest BCUT2D eigenvalue weighted by molar-refractivity contribution is -0.362. The Morgan fingerprint density at radius 3 is 2.23 bits per heavy atom. The summed E-state index contributed by atoms with van der Waals surface area (Å²) in [4.78, 5) is 55.2. The number of aliphatic hydroxyl groups excluding tert-OH is 2. The minimum Gasteiger partial charge on any atom is -0.497 e. The molecule has 2 aromatic carbocycles. The Balaban J connectivity index is 1.30. The smallest absolute Gasteiger partial charge is 0.408 e. The predicted molar refractivity (Wildman–Crippen MR) is 230 cm³/mol. The molecule has 1 aromatic heterocycles. The van der Waals surface area contributed by atoms with E-state index < -0.39 is 119 Å². The zero-order chi connectivity index (χ0) is 47.7. The zero-order valence-corrected chi connectivity index (χ0v) is 38.5. The van der Waals surface area contributed by atoms with Crippen LogP contribution in [0.25, 0.3) is 0 Å². The van der Waals surface area contributed by atoms with E-state index in [4.69, 9.17) is 42.3 Å². The number of aliphatic hydroxyl groups is 3. The maximum Gasteiger partial charge on any atom is 0.408 e. The first-order valence-corrected chi connectivity index (χ1v) is 22.1. The second kappa shape index (κ2) is 17.1. The molecule has 3 heterocycles. The number of rotatable bonds is 10. The molecule has 4 fully saturated rings. The fourth-order valence-corrected chi connectivity index (χ4v) is 11.1. The average Bonchev–Trinajstić information content (AvgIpc) is 3.96. The van der Waals surface area contributed by atoms with Crippen LogP contribution in [0.1, 0.15) is 102 Å². The van der Waals surface area contributed by atoms with Gasteiger partial charge in [0.1, 0.15) is 53.2 Å². The first kappa shape index (κ1) is 47.2. The van der Waals surface area contributed by atoms with E-state index in [0.29, 0.717) is 22.5 Å². The maximum absolute atomic E-state index is 14.5. The van der Waals surface area contributed by atoms with Crippen LogP contribution in [-0.2, 0) is 42.7 Å². The van der Waals surface area contributed by atoms with Crippen molar-refractivity contribution in [2.45, 2.75) is 140 Å². The summed E-state index contributed by atoms with van der Waals surface area (Å²) in [6.07, 6.45) is -10.6. The number of hydrogen-bond donors (Lipinski definition) is 4. The number of fused-ring (bicyclic) bond motifs is 8. The molecular weight excluding hydrogens is 859 g/mol. The molecule has 13 atom stereocenters. The Bertz CT molecular complexity index is 2340. The normalized spacial score (nSPS) is 34.1. The van der Waals surface area contributed by atoms with Gasteiger partial charge in [0, 0.05) is 36.2 Å². The van der Waals surface area contributed by atoms with Gasteiger partial charge in [-0.05, 0) is 75.2 Å². The third-order valence-corrected chi connectivity index (χ3v) is 14.4. The van der Waals surface area contributed by atoms with Crippen molar-refractivity contribution in [1.29, 1.82) is 0 Å². The molecule has 17 nitrogen and oxygen atoms in total. The lowest BCUT2D eigenvalue weighted by atomic mass is 9.44. The number of benzene rings is 2. The van der Waals surface area contributed by atoms with Crippen molar-refractivity contribution < 1.29 is 76.8 Å². The standard InChI is InChI=1S/C49H59NO16/c1-25-31(61-42(55)36(53)35(30-16-13-21-59-30)50-44(56)66-45(3,4)5)23-49(57)40(63-41(54)27-14-11-10-12-15-27)38-47(8,32(52)22-33-48(38,24-60-33)65-26(2)51)39-37(34(25)46(49,6)7)62-43(64-39)28-17-19-29(58-9)20-18-28/h10-21,31-33,35-40,43,52-53,57H,22-24H2,1-9H3,(H,50,56)/t31-,32-,33+,35-,36+,37+,38-,39+,40-,43?,47+,48-,49+/m0/s1. The molecule has 0 spiro atoms. The summed E-state index contributed by atoms with van der Waals surface area (Å²) in [5, 5.41) is 40.8. The van der Waals surface area contributed by atoms with Crippen molar-refractivity contribution in [2.24, 2.45) is 16.7 Å². The lowest BCUT2D eigenvalue weighted by Gasteiger charge is -2.68. The number of furan rings is 1. The molecule has 4 N–H and O–H groups in total. The van der Waals surface area contributed by atoms with E-state index in [9.17, 15) is 34.5 Å². The first-order valence-electron chi connectivity index (χ1n) is 22.1. The fourth-order valence-electron chi connectivity index (χ4n) is 11.1. The van der Waals surface area contributed by atoms with Crippen LogP contribution in [0.5, 0.6) is 5.75 Å². The molecule has 8 rings (SSSR count). The van der Waals surface area contributed by atoms with Gasteiger partial charge in [-0.3, -0.25) is 4.79 Å². The van der Waals surface area contributed by atoms with E-state index in [0.717, 1.165) is 0 Å². The van der Waals surface area contributed by atoms with Crippen LogP contribution < -0.4 is 10.1 Å². The van der Waals surface area contributed by atoms with Crippen molar-refractivity contribution in [3.05, 3.63) is 101 Å². The van der Waals surface area contributed by atoms with Gasteiger partial charge >= 0.3 is 24.0 Å². The predicted octanol–water partition coefficient (Wildman–Crippen LogP) is 5.41. The Morgan fingerprint density at radius 1 is 0.939 bits per heavy atom. The minimum atomic E-state index is -2.24. The third-order valence-electron chi connectivity index (χ3n) is 14.4. The van der Waals surface area contributed by atoms with Gasteiger partial charge in [0.15, 0.2) is 18.0 Å². The number of esters is 3. The van der Waals surface area contributed by atoms with Gasteiger partial charge in [0.25, 0.3) is 0 Å². The number of alkyl carbamates (subject to hydrolysis) is 1. The molecule has 2 saturated heterocycles. The second-order valence-corrected chi connectivity index (χ2v) is 19.7. The number of ether oxygens (including phenoxy) is 8. The fraction of sp³-hybridized carbons (Fsp3) is 0.551. The van der Waals surface area contributed by atoms with Gasteiger partial charge in [0.05, 0.1) is 43.7 Å². The van der Waals surface area contributed by atoms with E-state index >= 15 is 0 Å². The van der Waals surface area contributed by atoms with Crippen LogP contribution in [0.2, 0.25) is 0 Å². The summed E-state index contributed by atoms with van der Waals surface area (Å²) in [5.74, 6) is -3.36. The van der Waals surface area contributed by atoms with Gasteiger partial charge in [-0.25, -0.2) is 14.4 Å². The molecule has 2 saturated carbocycles. The second-order valence-electron chi connectivity index (χ2n) is 19.7. The Kier molecular flexibility index (Phi) is 12.2. The Labute approximate surface area is 382 Å². The summed E-state index contributed by atoms with van der Waals surface area (Å²) in [6, 6.07) is 16.7. The Hall–Kier alpha value is -5.30. The SMILES string of the molecule is COc1ccc(C2O[C@@H]3C4=C(C)[C@@H](OC(=O)[C@H](O)[C@@H](NC(=O)OC(C)(C)C)c5ccco5)C[C@@](O)([C@@H](OC(=O)c5ccccc5)[C@@H]5[C@]6(OC(C)=O)CO[C@@H]6C[C@H](O)[C@@]5(C)[C@@H]3O2)C4(C)C)cc1. The van der Waals surface area contributed by atoms with E-state index in [1.807, 2.05) is 0 Å². The van der Waals surface area contributed by atoms with Crippen LogP contribution in [0.15, 0.2) is 88.6 Å². The highest BCUT2D eigenvalue weighted by molar-refractivity contribution is 5.89. The molecule has 1 amide bonds. The van der Waals surface area contributed by atoms with E-state index in [1.54, 1.807) is 110 Å². The molecule has 66 heavy (non-hydrogen) atoms. The highest BCUT2D eigenvalue weighted by atomic mass is 16.7. The molecule has 3 aromatic rings. The highest BCUT2D eigenvalue weighted by Crippen LogP contribution is 2.67. The van der Waals surface area contributed by atoms with Crippen LogP contribution in [0.3, 0.4) is 0 Å². The van der Waals surface area contributed by atoms with Gasteiger partial charge in [0.2, 0.25) is 0 Å². The minimum absolute atomic E-state index is 0.00837. The van der Waals surface area contributed by atoms with E-state index in [2.05, 4.69) is 5.32 Å². The van der Waals surface area contributed by atoms with Crippen LogP contribution in [-0.4, -0.2) is 113 Å². The molecule has 2 aliphatic heterocycles. The monoisotopic (exact) mass is 917 g/mol. The molecule has 0 radical (unpaired) electrons. The third kappa shape index (κ3) is 7.86. The highest BCUT2D eigenvalue weighted by Gasteiger charge is 2.79. The lowest BCUT2D eigenvalue weighted by Crippen LogP contribution is -2.82. The molecule has 2 bridgehead atoms. The van der Waals surface area contributed by atoms with Gasteiger partial charge in [-0.15, -0.1) is 0 Å². The summed E-state index contributed by atoms with van der Waals surface area (Å²) in [6.45, 7) is 13.0. The van der Waals surface area contributed by atoms with Gasteiger partial charge in [-0.1, -0.05) is 51.1 Å². The zero-order valence-electron chi connectivity index (χ0n) is 38.5. The van der Waals surface area contributed by atoms with E-state index in [-0.39, 0.29) is 24.4 Å². The van der Waals surface area contributed by atoms with Crippen LogP contribution in [0.4, 0.5) is 4.79 Å². The van der Waals surface area contributed by atoms with Crippen molar-refractivity contribution in [1.82, 2.24) is 5.32 Å². The van der Waals surface area contributed by atoms with E-state index in [1.165, 1.54) is 25.3 Å². The molecule has 3 aliphatic carbocycles. The van der Waals surface area contributed by atoms with Crippen LogP contribution >= 0.6 is 0 Å². The number of methoxy groups -OCH3 is 1. The quantitative estimate of drug-likeness (QED) is 0.113. The number of carbonyl (C=O) groups is 4. The largest absolute Gasteiger partial charge is 0.497 e. The number of hydrogen-bond acceptors (Lipinski definition) is 16. The molecule has 17 heteroatoms. The molecular formula is C49H59NO16. The Morgan fingerprint density at radius 2 is 1.64 bits per heavy atom. The van der Waals surface area contributed by atoms with Gasteiger partial charge < -0.3 is 62.9 Å². The summed E-state index contributed by atoms with van der Waals surface area (Å²) in [5.41, 5.74) is -6.12. The average molecular weight is 918 g/mol. The van der Waals surface area contributed by atoms with Gasteiger partial charge in [-0.2, -0.15) is 0 Å². The van der Waals surface area contributed by atoms with Crippen molar-refractivity contribution >= 4 is 24.0 Å². The summed E-state index contributed by atoms with van der Waals surface area (Å²) < 4.78 is 55.5. The van der Waals surface area contributed by atoms with Crippen molar-refractivity contribution in [3.63, 3.8) is 0 Å². The number of nitrogens with one attached hydrogen (secondary N) is 1. The molecule has 1 unspecified atom stereocenters. The topological polar surface area (TPSA) is 228 Å². The summed E-state index contributed by atoms with van der Waals surface area (Å²) in [7, 11) is 1.54. The van der Waals surface area contributed by atoms with Crippen molar-refractivity contribution in [3.8, 4) is 5.75 Å². The van der Waals surface area contributed by atoms with Crippen molar-refractivity contribution in [2.75, 3.05) is 13.7 Å².